The Morgan fingerprint density at radius 2 is 1.84 bits per heavy atom. The average Bonchev–Trinajstić information content (AvgIpc) is 2.39. The molecule has 100 valence electrons. The number of anilines is 1. The van der Waals surface area contributed by atoms with Gasteiger partial charge in [-0.1, -0.05) is 32.9 Å². The van der Waals surface area contributed by atoms with Crippen molar-refractivity contribution in [2.75, 3.05) is 5.73 Å². The van der Waals surface area contributed by atoms with E-state index < -0.39 is 0 Å². The molecule has 1 aromatic heterocycles. The molecule has 0 atom stereocenters. The molecule has 2 N–H and O–H groups in total. The van der Waals surface area contributed by atoms with Crippen molar-refractivity contribution in [2.24, 2.45) is 0 Å². The van der Waals surface area contributed by atoms with E-state index in [0.717, 1.165) is 12.2 Å². The molecule has 2 rings (SSSR count). The molecule has 0 fully saturated rings. The molecule has 2 aromatic rings. The molecule has 0 amide bonds. The Bertz CT molecular complexity index is 550. The predicted molar refractivity (Wildman–Crippen MR) is 76.3 cm³/mol. The van der Waals surface area contributed by atoms with Gasteiger partial charge in [0.2, 0.25) is 5.88 Å². The first kappa shape index (κ1) is 13.3. The molecule has 0 saturated heterocycles. The zero-order valence-electron chi connectivity index (χ0n) is 11.6. The molecule has 4 nitrogen and oxygen atoms in total. The summed E-state index contributed by atoms with van der Waals surface area (Å²) >= 11 is 0. The minimum absolute atomic E-state index is 0.176. The maximum Gasteiger partial charge on any atom is 0.239 e. The molecule has 1 aromatic carbocycles. The maximum absolute atomic E-state index is 5.61. The second-order valence-corrected chi connectivity index (χ2v) is 5.15. The van der Waals surface area contributed by atoms with Gasteiger partial charge in [0.1, 0.15) is 11.6 Å². The second-order valence-electron chi connectivity index (χ2n) is 5.15. The highest BCUT2D eigenvalue weighted by atomic mass is 16.5. The molecule has 0 bridgehead atoms. The molecule has 0 aliphatic carbocycles. The number of rotatable bonds is 4. The quantitative estimate of drug-likeness (QED) is 0.910. The fourth-order valence-corrected chi connectivity index (χ4v) is 1.71. The van der Waals surface area contributed by atoms with E-state index in [1.165, 1.54) is 11.8 Å². The Labute approximate surface area is 113 Å². The van der Waals surface area contributed by atoms with Gasteiger partial charge < -0.3 is 10.5 Å². The molecular weight excluding hydrogens is 238 g/mol. The van der Waals surface area contributed by atoms with Gasteiger partial charge in [-0.25, -0.2) is 0 Å². The van der Waals surface area contributed by atoms with E-state index in [1.807, 2.05) is 12.1 Å². The van der Waals surface area contributed by atoms with Crippen LogP contribution in [0.3, 0.4) is 0 Å². The lowest BCUT2D eigenvalue weighted by Gasteiger charge is -2.23. The average molecular weight is 257 g/mol. The first-order valence-electron chi connectivity index (χ1n) is 6.37. The Balaban J connectivity index is 2.15. The first-order chi connectivity index (χ1) is 9.01. The van der Waals surface area contributed by atoms with Crippen LogP contribution in [0, 0.1) is 0 Å². The van der Waals surface area contributed by atoms with Crippen molar-refractivity contribution in [1.29, 1.82) is 0 Å². The molecule has 0 saturated carbocycles. The molecule has 19 heavy (non-hydrogen) atoms. The summed E-state index contributed by atoms with van der Waals surface area (Å²) in [6, 6.07) is 8.05. The van der Waals surface area contributed by atoms with Gasteiger partial charge in [0.25, 0.3) is 0 Å². The van der Waals surface area contributed by atoms with Crippen LogP contribution in [0.25, 0.3) is 0 Å². The molecule has 0 unspecified atom stereocenters. The SMILES string of the molecule is CCC(C)(C)c1ccc(Oc2cncc(N)n2)cc1. The summed E-state index contributed by atoms with van der Waals surface area (Å²) in [4.78, 5) is 7.99. The van der Waals surface area contributed by atoms with E-state index in [2.05, 4.69) is 42.9 Å². The Morgan fingerprint density at radius 3 is 2.42 bits per heavy atom. The number of ether oxygens (including phenoxy) is 1. The maximum atomic E-state index is 5.61. The summed E-state index contributed by atoms with van der Waals surface area (Å²) in [5.74, 6) is 1.49. The van der Waals surface area contributed by atoms with Gasteiger partial charge in [0, 0.05) is 0 Å². The standard InChI is InChI=1S/C15H19N3O/c1-4-15(2,3)11-5-7-12(8-6-11)19-14-10-17-9-13(16)18-14/h5-10H,4H2,1-3H3,(H2,16,18). The van der Waals surface area contributed by atoms with Gasteiger partial charge in [-0.05, 0) is 29.5 Å². The van der Waals surface area contributed by atoms with Gasteiger partial charge in [0.05, 0.1) is 12.4 Å². The molecule has 0 aliphatic rings. The van der Waals surface area contributed by atoms with Crippen molar-refractivity contribution >= 4 is 5.82 Å². The normalized spacial score (nSPS) is 11.3. The van der Waals surface area contributed by atoms with Crippen LogP contribution in [0.4, 0.5) is 5.82 Å². The summed E-state index contributed by atoms with van der Waals surface area (Å²) in [5.41, 5.74) is 7.03. The lowest BCUT2D eigenvalue weighted by molar-refractivity contribution is 0.459. The third kappa shape index (κ3) is 3.22. The second kappa shape index (κ2) is 5.26. The lowest BCUT2D eigenvalue weighted by Crippen LogP contribution is -2.14. The van der Waals surface area contributed by atoms with Gasteiger partial charge >= 0.3 is 0 Å². The van der Waals surface area contributed by atoms with E-state index in [-0.39, 0.29) is 5.41 Å². The number of nitrogen functional groups attached to an aromatic ring is 1. The summed E-state index contributed by atoms with van der Waals surface area (Å²) in [6.45, 7) is 6.64. The Kier molecular flexibility index (Phi) is 3.69. The van der Waals surface area contributed by atoms with Crippen LogP contribution < -0.4 is 10.5 Å². The molecule has 0 spiro atoms. The largest absolute Gasteiger partial charge is 0.437 e. The highest BCUT2D eigenvalue weighted by Crippen LogP contribution is 2.29. The van der Waals surface area contributed by atoms with E-state index in [1.54, 1.807) is 6.20 Å². The van der Waals surface area contributed by atoms with Gasteiger partial charge in [-0.2, -0.15) is 4.98 Å². The number of hydrogen-bond donors (Lipinski definition) is 1. The number of aromatic nitrogens is 2. The number of nitrogens with zero attached hydrogens (tertiary/aromatic N) is 2. The van der Waals surface area contributed by atoms with Crippen LogP contribution >= 0.6 is 0 Å². The van der Waals surface area contributed by atoms with Gasteiger partial charge in [-0.15, -0.1) is 0 Å². The highest BCUT2D eigenvalue weighted by molar-refractivity contribution is 5.34. The predicted octanol–water partition coefficient (Wildman–Crippen LogP) is 3.54. The zero-order valence-corrected chi connectivity index (χ0v) is 11.6. The summed E-state index contributed by atoms with van der Waals surface area (Å²) < 4.78 is 5.61. The van der Waals surface area contributed by atoms with E-state index in [0.29, 0.717) is 11.7 Å². The molecular formula is C15H19N3O. The van der Waals surface area contributed by atoms with Gasteiger partial charge in [-0.3, -0.25) is 4.98 Å². The highest BCUT2D eigenvalue weighted by Gasteiger charge is 2.17. The molecule has 0 aliphatic heterocycles. The van der Waals surface area contributed by atoms with Crippen molar-refractivity contribution in [3.8, 4) is 11.6 Å². The van der Waals surface area contributed by atoms with Crippen molar-refractivity contribution < 1.29 is 4.74 Å². The third-order valence-electron chi connectivity index (χ3n) is 3.37. The molecule has 1 heterocycles. The number of benzene rings is 1. The monoisotopic (exact) mass is 257 g/mol. The van der Waals surface area contributed by atoms with Crippen LogP contribution in [-0.4, -0.2) is 9.97 Å². The van der Waals surface area contributed by atoms with Crippen LogP contribution in [-0.2, 0) is 5.41 Å². The van der Waals surface area contributed by atoms with Crippen LogP contribution in [0.5, 0.6) is 11.6 Å². The summed E-state index contributed by atoms with van der Waals surface area (Å²) in [7, 11) is 0. The topological polar surface area (TPSA) is 61.0 Å². The minimum atomic E-state index is 0.176. The van der Waals surface area contributed by atoms with Crippen molar-refractivity contribution in [1.82, 2.24) is 9.97 Å². The minimum Gasteiger partial charge on any atom is -0.437 e. The van der Waals surface area contributed by atoms with Crippen LogP contribution in [0.1, 0.15) is 32.8 Å². The van der Waals surface area contributed by atoms with Crippen LogP contribution in [0.2, 0.25) is 0 Å². The van der Waals surface area contributed by atoms with E-state index >= 15 is 0 Å². The van der Waals surface area contributed by atoms with Crippen molar-refractivity contribution in [2.45, 2.75) is 32.6 Å². The van der Waals surface area contributed by atoms with Crippen LogP contribution in [0.15, 0.2) is 36.7 Å². The first-order valence-corrected chi connectivity index (χ1v) is 6.37. The smallest absolute Gasteiger partial charge is 0.239 e. The van der Waals surface area contributed by atoms with E-state index in [9.17, 15) is 0 Å². The fraction of sp³-hybridized carbons (Fsp3) is 0.333. The number of nitrogens with two attached hydrogens (primary N) is 1. The molecule has 0 radical (unpaired) electrons. The van der Waals surface area contributed by atoms with E-state index in [4.69, 9.17) is 10.5 Å². The summed E-state index contributed by atoms with van der Waals surface area (Å²) in [6.07, 6.45) is 4.12. The Morgan fingerprint density at radius 1 is 1.16 bits per heavy atom. The number of hydrogen-bond acceptors (Lipinski definition) is 4. The van der Waals surface area contributed by atoms with Gasteiger partial charge in [0.15, 0.2) is 0 Å². The Hall–Kier alpha value is -2.10. The van der Waals surface area contributed by atoms with Crippen molar-refractivity contribution in [3.63, 3.8) is 0 Å². The third-order valence-corrected chi connectivity index (χ3v) is 3.37. The summed E-state index contributed by atoms with van der Waals surface area (Å²) in [5, 5.41) is 0. The lowest BCUT2D eigenvalue weighted by atomic mass is 9.82. The molecule has 4 heteroatoms. The fourth-order valence-electron chi connectivity index (χ4n) is 1.71. The zero-order chi connectivity index (χ0) is 13.9. The van der Waals surface area contributed by atoms with Crippen molar-refractivity contribution in [3.05, 3.63) is 42.2 Å².